The Balaban J connectivity index is 1.45. The summed E-state index contributed by atoms with van der Waals surface area (Å²) >= 11 is 0. The van der Waals surface area contributed by atoms with E-state index in [4.69, 9.17) is 15.3 Å². The summed E-state index contributed by atoms with van der Waals surface area (Å²) in [6.45, 7) is 11.2. The van der Waals surface area contributed by atoms with Crippen molar-refractivity contribution < 1.29 is 24.2 Å². The van der Waals surface area contributed by atoms with Gasteiger partial charge in [-0.15, -0.1) is 0 Å². The van der Waals surface area contributed by atoms with Crippen molar-refractivity contribution in [2.24, 2.45) is 5.84 Å². The Morgan fingerprint density at radius 1 is 1.14 bits per heavy atom. The van der Waals surface area contributed by atoms with Crippen molar-refractivity contribution in [1.82, 2.24) is 9.80 Å². The van der Waals surface area contributed by atoms with Gasteiger partial charge in [-0.05, 0) is 29.3 Å². The van der Waals surface area contributed by atoms with Crippen LogP contribution < -0.4 is 16.0 Å². The third-order valence-electron chi connectivity index (χ3n) is 6.47. The fourth-order valence-electron chi connectivity index (χ4n) is 4.38. The fraction of sp³-hybridized carbons (Fsp3) is 0.385. The lowest BCUT2D eigenvalue weighted by Gasteiger charge is -2.26. The first-order valence-electron chi connectivity index (χ1n) is 11.8. The van der Waals surface area contributed by atoms with Crippen LogP contribution in [0.15, 0.2) is 36.9 Å². The molecular weight excluding hydrogens is 448 g/mol. The van der Waals surface area contributed by atoms with E-state index in [0.717, 1.165) is 49.7 Å². The molecular formula is C26H32N4O5. The van der Waals surface area contributed by atoms with Crippen LogP contribution in [-0.2, 0) is 22.6 Å². The summed E-state index contributed by atoms with van der Waals surface area (Å²) in [6.07, 6.45) is 0.269. The van der Waals surface area contributed by atoms with E-state index in [9.17, 15) is 14.7 Å². The molecule has 4 N–H and O–H groups in total. The molecule has 186 valence electrons. The highest BCUT2D eigenvalue weighted by Gasteiger charge is 2.28. The third-order valence-corrected chi connectivity index (χ3v) is 6.47. The van der Waals surface area contributed by atoms with E-state index >= 15 is 0 Å². The van der Waals surface area contributed by atoms with E-state index in [0.29, 0.717) is 30.9 Å². The van der Waals surface area contributed by atoms with Gasteiger partial charge in [0.2, 0.25) is 0 Å². The molecule has 1 fully saturated rings. The lowest BCUT2D eigenvalue weighted by atomic mass is 9.97. The van der Waals surface area contributed by atoms with E-state index in [1.165, 1.54) is 12.1 Å². The lowest BCUT2D eigenvalue weighted by molar-refractivity contribution is -0.113. The molecule has 2 heterocycles. The van der Waals surface area contributed by atoms with Crippen LogP contribution in [0.4, 0.5) is 5.69 Å². The van der Waals surface area contributed by atoms with E-state index in [1.54, 1.807) is 11.8 Å². The van der Waals surface area contributed by atoms with Crippen LogP contribution in [0.1, 0.15) is 40.4 Å². The molecule has 1 amide bonds. The molecule has 9 heteroatoms. The van der Waals surface area contributed by atoms with E-state index < -0.39 is 0 Å². The fourth-order valence-corrected chi connectivity index (χ4v) is 4.38. The van der Waals surface area contributed by atoms with Crippen molar-refractivity contribution in [2.75, 3.05) is 44.9 Å². The van der Waals surface area contributed by atoms with Gasteiger partial charge < -0.3 is 24.9 Å². The molecule has 0 bridgehead atoms. The number of aromatic hydroxyl groups is 1. The molecule has 0 unspecified atom stereocenters. The predicted molar refractivity (Wildman–Crippen MR) is 133 cm³/mol. The van der Waals surface area contributed by atoms with Crippen LogP contribution in [-0.4, -0.2) is 66.1 Å². The molecule has 0 atom stereocenters. The van der Waals surface area contributed by atoms with Crippen molar-refractivity contribution in [3.05, 3.63) is 59.2 Å². The number of hydrogen-bond acceptors (Lipinski definition) is 8. The monoisotopic (exact) mass is 480 g/mol. The summed E-state index contributed by atoms with van der Waals surface area (Å²) in [5.74, 6) is 5.61. The quantitative estimate of drug-likeness (QED) is 0.285. The Morgan fingerprint density at radius 3 is 2.60 bits per heavy atom. The Bertz CT molecular complexity index is 1130. The van der Waals surface area contributed by atoms with Gasteiger partial charge in [0.05, 0.1) is 24.5 Å². The van der Waals surface area contributed by atoms with Gasteiger partial charge in [0.15, 0.2) is 5.78 Å². The molecule has 0 aromatic heterocycles. The minimum absolute atomic E-state index is 0.0962. The molecule has 2 aliphatic rings. The zero-order valence-electron chi connectivity index (χ0n) is 20.0. The van der Waals surface area contributed by atoms with Crippen LogP contribution >= 0.6 is 0 Å². The highest BCUT2D eigenvalue weighted by atomic mass is 16.5. The maximum Gasteiger partial charge on any atom is 0.258 e. The first-order chi connectivity index (χ1) is 16.9. The summed E-state index contributed by atoms with van der Waals surface area (Å²) in [7, 11) is 0. The number of allylic oxidation sites excluding steroid dienone is 1. The summed E-state index contributed by atoms with van der Waals surface area (Å²) in [5, 5.41) is 10.5. The smallest absolute Gasteiger partial charge is 0.258 e. The molecule has 2 aromatic rings. The molecule has 0 saturated carbocycles. The minimum Gasteiger partial charge on any atom is -0.507 e. The van der Waals surface area contributed by atoms with Crippen LogP contribution in [0.3, 0.4) is 0 Å². The maximum atomic E-state index is 13.3. The number of amides is 1. The summed E-state index contributed by atoms with van der Waals surface area (Å²) in [6, 6.07) is 8.69. The number of hydrogen-bond donors (Lipinski definition) is 3. The van der Waals surface area contributed by atoms with Gasteiger partial charge in [-0.3, -0.25) is 20.3 Å². The number of carbonyl (C=O) groups excluding carboxylic acids is 2. The van der Waals surface area contributed by atoms with Gasteiger partial charge >= 0.3 is 0 Å². The SMILES string of the molecule is C=C(C(=O)CC)c1cc(C(=O)N2Cc3ccc(OCCN4CCOCC4)cc3C2)c(O)cc1NN. The average molecular weight is 481 g/mol. The van der Waals surface area contributed by atoms with Crippen LogP contribution in [0.2, 0.25) is 0 Å². The zero-order valence-corrected chi connectivity index (χ0v) is 20.0. The average Bonchev–Trinajstić information content (AvgIpc) is 3.31. The number of Topliss-reactive ketones (excluding diaryl/α,β-unsaturated/α-hetero) is 1. The number of benzene rings is 2. The van der Waals surface area contributed by atoms with E-state index in [2.05, 4.69) is 16.9 Å². The van der Waals surface area contributed by atoms with Crippen LogP contribution in [0.5, 0.6) is 11.5 Å². The van der Waals surface area contributed by atoms with Gasteiger partial charge in [0, 0.05) is 56.3 Å². The summed E-state index contributed by atoms with van der Waals surface area (Å²) in [4.78, 5) is 29.5. The van der Waals surface area contributed by atoms with Gasteiger partial charge in [0.25, 0.3) is 5.91 Å². The molecule has 0 spiro atoms. The van der Waals surface area contributed by atoms with Crippen LogP contribution in [0.25, 0.3) is 5.57 Å². The predicted octanol–water partition coefficient (Wildman–Crippen LogP) is 2.54. The maximum absolute atomic E-state index is 13.3. The van der Waals surface area contributed by atoms with Gasteiger partial charge in [-0.1, -0.05) is 19.6 Å². The second kappa shape index (κ2) is 10.9. The number of phenolic OH excluding ortho intramolecular Hbond substituents is 1. The molecule has 2 aromatic carbocycles. The highest BCUT2D eigenvalue weighted by molar-refractivity contribution is 6.21. The number of nitrogens with two attached hydrogens (primary N) is 1. The van der Waals surface area contributed by atoms with Crippen molar-refractivity contribution in [3.63, 3.8) is 0 Å². The molecule has 4 rings (SSSR count). The van der Waals surface area contributed by atoms with Gasteiger partial charge in [-0.25, -0.2) is 0 Å². The standard InChI is InChI=1S/C26H32N4O5/c1-3-24(31)17(2)21-13-22(25(32)14-23(21)28-27)26(33)30-15-18-4-5-20(12-19(18)16-30)35-11-8-29-6-9-34-10-7-29/h4-5,12-14,28,32H,2-3,6-11,15-16,27H2,1H3. The Labute approximate surface area is 205 Å². The number of nitrogen functional groups attached to an aromatic ring is 1. The normalized spacial score (nSPS) is 15.5. The summed E-state index contributed by atoms with van der Waals surface area (Å²) < 4.78 is 11.3. The largest absolute Gasteiger partial charge is 0.507 e. The number of rotatable bonds is 9. The first-order valence-corrected chi connectivity index (χ1v) is 11.8. The molecule has 9 nitrogen and oxygen atoms in total. The number of anilines is 1. The molecule has 0 radical (unpaired) electrons. The molecule has 1 saturated heterocycles. The minimum atomic E-state index is -0.338. The number of fused-ring (bicyclic) bond motifs is 1. The number of hydrazine groups is 1. The Kier molecular flexibility index (Phi) is 7.70. The van der Waals surface area contributed by atoms with Gasteiger partial charge in [-0.2, -0.15) is 0 Å². The highest BCUT2D eigenvalue weighted by Crippen LogP contribution is 2.34. The molecule has 2 aliphatic heterocycles. The Morgan fingerprint density at radius 2 is 1.89 bits per heavy atom. The van der Waals surface area contributed by atoms with Crippen LogP contribution in [0, 0.1) is 0 Å². The van der Waals surface area contributed by atoms with Crippen molar-refractivity contribution in [1.29, 1.82) is 0 Å². The van der Waals surface area contributed by atoms with Crippen molar-refractivity contribution in [3.8, 4) is 11.5 Å². The summed E-state index contributed by atoms with van der Waals surface area (Å²) in [5.41, 5.74) is 5.56. The second-order valence-corrected chi connectivity index (χ2v) is 8.71. The first kappa shape index (κ1) is 24.7. The number of ether oxygens (including phenoxy) is 2. The lowest BCUT2D eigenvalue weighted by Crippen LogP contribution is -2.38. The zero-order chi connectivity index (χ0) is 24.9. The topological polar surface area (TPSA) is 117 Å². The Hall–Kier alpha value is -3.40. The van der Waals surface area contributed by atoms with E-state index in [-0.39, 0.29) is 35.0 Å². The third kappa shape index (κ3) is 5.48. The number of morpholine rings is 1. The number of ketones is 1. The molecule has 0 aliphatic carbocycles. The van der Waals surface area contributed by atoms with Crippen molar-refractivity contribution >= 4 is 23.0 Å². The van der Waals surface area contributed by atoms with E-state index in [1.807, 2.05) is 18.2 Å². The van der Waals surface area contributed by atoms with Gasteiger partial charge in [0.1, 0.15) is 18.1 Å². The van der Waals surface area contributed by atoms with Crippen molar-refractivity contribution in [2.45, 2.75) is 26.4 Å². The second-order valence-electron chi connectivity index (χ2n) is 8.71. The number of nitrogens with zero attached hydrogens (tertiary/aromatic N) is 2. The number of nitrogens with one attached hydrogen (secondary N) is 1. The molecule has 35 heavy (non-hydrogen) atoms. The number of carbonyl (C=O) groups is 2. The number of phenols is 1.